The molecular weight excluding hydrogens is 403 g/mol. The van der Waals surface area contributed by atoms with Crippen molar-refractivity contribution < 1.29 is 14.7 Å². The van der Waals surface area contributed by atoms with E-state index in [0.29, 0.717) is 9.54 Å². The van der Waals surface area contributed by atoms with E-state index in [0.717, 1.165) is 0 Å². The Balaban J connectivity index is 3.08. The number of likely N-dealkylation sites (tertiary alicyclic amines) is 1. The smallest absolute Gasteiger partial charge is 0.326 e. The molecule has 0 aliphatic carbocycles. The van der Waals surface area contributed by atoms with Crippen LogP contribution in [0.3, 0.4) is 0 Å². The van der Waals surface area contributed by atoms with Crippen LogP contribution in [0, 0.1) is 17.3 Å². The lowest BCUT2D eigenvalue weighted by Crippen LogP contribution is -2.56. The van der Waals surface area contributed by atoms with Crippen LogP contribution in [0.15, 0.2) is 0 Å². The highest BCUT2D eigenvalue weighted by Gasteiger charge is 2.47. The summed E-state index contributed by atoms with van der Waals surface area (Å²) in [6.07, 6.45) is 0. The summed E-state index contributed by atoms with van der Waals surface area (Å²) in [7, 11) is 0. The van der Waals surface area contributed by atoms with E-state index in [-0.39, 0.29) is 23.2 Å². The second-order valence-corrected chi connectivity index (χ2v) is 9.05. The van der Waals surface area contributed by atoms with Crippen LogP contribution >= 0.6 is 34.8 Å². The normalized spacial score (nSPS) is 27.3. The molecule has 0 aromatic heterocycles. The lowest BCUT2D eigenvalue weighted by Gasteiger charge is -2.35. The van der Waals surface area contributed by atoms with Gasteiger partial charge in [-0.3, -0.25) is 4.79 Å². The number of nitrogens with zero attached hydrogens (tertiary/aromatic N) is 1. The van der Waals surface area contributed by atoms with Crippen LogP contribution in [0.5, 0.6) is 0 Å². The Morgan fingerprint density at radius 3 is 2.29 bits per heavy atom. The number of thiocarbonyl (C=S) groups is 1. The third kappa shape index (κ3) is 4.28. The predicted molar refractivity (Wildman–Crippen MR) is 94.5 cm³/mol. The molecule has 1 rings (SSSR count). The van der Waals surface area contributed by atoms with Crippen LogP contribution in [0.2, 0.25) is 0 Å². The summed E-state index contributed by atoms with van der Waals surface area (Å²) in [6, 6.07) is -1.29. The maximum absolute atomic E-state index is 12.9. The van der Waals surface area contributed by atoms with Gasteiger partial charge in [0.1, 0.15) is 15.1 Å². The first-order chi connectivity index (χ1) is 9.46. The molecule has 1 fully saturated rings. The minimum atomic E-state index is -0.940. The Kier molecular flexibility index (Phi) is 5.99. The number of halogens is 1. The quantitative estimate of drug-likeness (QED) is 0.314. The fourth-order valence-electron chi connectivity index (χ4n) is 2.70. The SMILES string of the molecule is C[C@@H]1[C@@H](C(=O)O)N(C(=O)[C@@H](NC(=S)I)C(C)(C)C)C[C@@H]1C. The fraction of sp³-hybridized carbons (Fsp3) is 0.786. The number of carboxylic acids is 1. The molecule has 5 nitrogen and oxygen atoms in total. The number of aliphatic carboxylic acids is 1. The van der Waals surface area contributed by atoms with Crippen LogP contribution < -0.4 is 5.32 Å². The van der Waals surface area contributed by atoms with E-state index >= 15 is 0 Å². The Labute approximate surface area is 145 Å². The largest absolute Gasteiger partial charge is 0.480 e. The molecule has 1 amide bonds. The standard InChI is InChI=1S/C14H23IN2O3S/c1-7-6-17(9(8(7)2)12(19)20)11(18)10(14(3,4)5)16-13(15)21/h7-10H,6H2,1-5H3,(H,16,21)(H,19,20)/t7-,8-,9-,10+/m0/s1. The van der Waals surface area contributed by atoms with E-state index < -0.39 is 18.1 Å². The van der Waals surface area contributed by atoms with E-state index in [4.69, 9.17) is 12.2 Å². The third-order valence-corrected chi connectivity index (χ3v) is 4.55. The van der Waals surface area contributed by atoms with Gasteiger partial charge in [-0.2, -0.15) is 0 Å². The maximum Gasteiger partial charge on any atom is 0.326 e. The van der Waals surface area contributed by atoms with Crippen LogP contribution in [-0.2, 0) is 9.59 Å². The lowest BCUT2D eigenvalue weighted by molar-refractivity contribution is -0.151. The highest BCUT2D eigenvalue weighted by Crippen LogP contribution is 2.32. The molecule has 21 heavy (non-hydrogen) atoms. The molecule has 0 unspecified atom stereocenters. The molecule has 0 saturated carbocycles. The first-order valence-electron chi connectivity index (χ1n) is 6.96. The van der Waals surface area contributed by atoms with Gasteiger partial charge in [-0.15, -0.1) is 0 Å². The van der Waals surface area contributed by atoms with E-state index in [9.17, 15) is 14.7 Å². The summed E-state index contributed by atoms with van der Waals surface area (Å²) in [5.74, 6) is -1.02. The van der Waals surface area contributed by atoms with E-state index in [1.54, 1.807) is 0 Å². The average molecular weight is 426 g/mol. The minimum absolute atomic E-state index is 0.0568. The zero-order valence-corrected chi connectivity index (χ0v) is 16.0. The molecular formula is C14H23IN2O3S. The fourth-order valence-corrected chi connectivity index (χ4v) is 3.13. The van der Waals surface area contributed by atoms with Crippen LogP contribution in [-0.4, -0.2) is 43.5 Å². The Hall–Kier alpha value is -0.440. The molecule has 1 heterocycles. The molecule has 0 aromatic rings. The van der Waals surface area contributed by atoms with Gasteiger partial charge in [0, 0.05) is 6.54 Å². The van der Waals surface area contributed by atoms with Gasteiger partial charge in [0.25, 0.3) is 0 Å². The van der Waals surface area contributed by atoms with Gasteiger partial charge >= 0.3 is 5.97 Å². The maximum atomic E-state index is 12.9. The molecule has 2 N–H and O–H groups in total. The number of carbonyl (C=O) groups is 2. The number of rotatable bonds is 3. The van der Waals surface area contributed by atoms with Gasteiger partial charge in [-0.1, -0.05) is 46.8 Å². The van der Waals surface area contributed by atoms with Crippen LogP contribution in [0.25, 0.3) is 0 Å². The summed E-state index contributed by atoms with van der Waals surface area (Å²) in [5, 5.41) is 12.5. The first-order valence-corrected chi connectivity index (χ1v) is 8.44. The van der Waals surface area contributed by atoms with Crippen LogP contribution in [0.4, 0.5) is 0 Å². The summed E-state index contributed by atoms with van der Waals surface area (Å²) < 4.78 is 0.507. The molecule has 0 radical (unpaired) electrons. The Bertz CT molecular complexity index is 450. The monoisotopic (exact) mass is 426 g/mol. The number of carboxylic acid groups (broad SMARTS) is 1. The topological polar surface area (TPSA) is 69.6 Å². The summed E-state index contributed by atoms with van der Waals surface area (Å²) in [6.45, 7) is 10.2. The second-order valence-electron chi connectivity index (χ2n) is 6.83. The Morgan fingerprint density at radius 2 is 1.90 bits per heavy atom. The van der Waals surface area contributed by atoms with E-state index in [1.807, 2.05) is 57.2 Å². The van der Waals surface area contributed by atoms with Crippen molar-refractivity contribution in [2.45, 2.75) is 46.7 Å². The van der Waals surface area contributed by atoms with Gasteiger partial charge in [-0.25, -0.2) is 4.79 Å². The van der Waals surface area contributed by atoms with E-state index in [2.05, 4.69) is 5.32 Å². The number of carbonyl (C=O) groups excluding carboxylic acids is 1. The minimum Gasteiger partial charge on any atom is -0.480 e. The summed E-state index contributed by atoms with van der Waals surface area (Å²) >= 11 is 7.00. The van der Waals surface area contributed by atoms with Crippen molar-refractivity contribution in [2.75, 3.05) is 6.54 Å². The van der Waals surface area contributed by atoms with Gasteiger partial charge in [-0.05, 0) is 39.8 Å². The van der Waals surface area contributed by atoms with Gasteiger partial charge in [0.2, 0.25) is 5.91 Å². The predicted octanol–water partition coefficient (Wildman–Crippen LogP) is 2.28. The second kappa shape index (κ2) is 6.76. The van der Waals surface area contributed by atoms with Crippen molar-refractivity contribution >= 4 is 49.7 Å². The van der Waals surface area contributed by atoms with Crippen molar-refractivity contribution in [3.05, 3.63) is 0 Å². The van der Waals surface area contributed by atoms with Crippen molar-refractivity contribution in [2.24, 2.45) is 17.3 Å². The summed E-state index contributed by atoms with van der Waals surface area (Å²) in [5.41, 5.74) is -0.357. The number of amides is 1. The highest BCUT2D eigenvalue weighted by molar-refractivity contribution is 14.1. The molecule has 4 atom stereocenters. The molecule has 120 valence electrons. The zero-order valence-electron chi connectivity index (χ0n) is 13.0. The molecule has 1 saturated heterocycles. The number of hydrogen-bond donors (Lipinski definition) is 2. The Morgan fingerprint density at radius 1 is 1.38 bits per heavy atom. The molecule has 1 aliphatic heterocycles. The van der Waals surface area contributed by atoms with Crippen molar-refractivity contribution in [1.82, 2.24) is 10.2 Å². The van der Waals surface area contributed by atoms with Gasteiger partial charge < -0.3 is 15.3 Å². The van der Waals surface area contributed by atoms with Crippen molar-refractivity contribution in [3.63, 3.8) is 0 Å². The summed E-state index contributed by atoms with van der Waals surface area (Å²) in [4.78, 5) is 25.9. The molecule has 1 aliphatic rings. The van der Waals surface area contributed by atoms with Crippen LogP contribution in [0.1, 0.15) is 34.6 Å². The molecule has 0 aromatic carbocycles. The van der Waals surface area contributed by atoms with Gasteiger partial charge in [0.05, 0.1) is 0 Å². The lowest BCUT2D eigenvalue weighted by atomic mass is 9.85. The van der Waals surface area contributed by atoms with E-state index in [1.165, 1.54) is 4.90 Å². The first kappa shape index (κ1) is 18.6. The third-order valence-electron chi connectivity index (χ3n) is 4.12. The van der Waals surface area contributed by atoms with Crippen molar-refractivity contribution in [1.29, 1.82) is 0 Å². The molecule has 7 heteroatoms. The van der Waals surface area contributed by atoms with Gasteiger partial charge in [0.15, 0.2) is 0 Å². The molecule has 0 spiro atoms. The number of hydrogen-bond acceptors (Lipinski definition) is 3. The molecule has 0 bridgehead atoms. The highest BCUT2D eigenvalue weighted by atomic mass is 127. The average Bonchev–Trinajstić information content (AvgIpc) is 2.60. The number of nitrogens with one attached hydrogen (secondary N) is 1. The van der Waals surface area contributed by atoms with Crippen molar-refractivity contribution in [3.8, 4) is 0 Å². The zero-order chi connectivity index (χ0) is 16.5.